The summed E-state index contributed by atoms with van der Waals surface area (Å²) in [6.45, 7) is 5.20. The van der Waals surface area contributed by atoms with Gasteiger partial charge in [-0.1, -0.05) is 0 Å². The maximum Gasteiger partial charge on any atom is 0.315 e. The number of rotatable bonds is 4. The van der Waals surface area contributed by atoms with Crippen molar-refractivity contribution in [3.8, 4) is 0 Å². The molecule has 1 saturated heterocycles. The monoisotopic (exact) mass is 222 g/mol. The number of nitrogens with zero attached hydrogens (tertiary/aromatic N) is 1. The van der Waals surface area contributed by atoms with Crippen molar-refractivity contribution >= 4 is 5.91 Å². The van der Waals surface area contributed by atoms with Gasteiger partial charge in [-0.15, -0.1) is 0 Å². The molecule has 1 rings (SSSR count). The van der Waals surface area contributed by atoms with Crippen LogP contribution in [0.5, 0.6) is 0 Å². The number of ether oxygens (including phenoxy) is 1. The van der Waals surface area contributed by atoms with E-state index in [-0.39, 0.29) is 6.04 Å². The summed E-state index contributed by atoms with van der Waals surface area (Å²) in [4.78, 5) is 12.8. The van der Waals surface area contributed by atoms with Gasteiger partial charge in [0.25, 0.3) is 5.91 Å². The summed E-state index contributed by atoms with van der Waals surface area (Å²) < 4.78 is 29.0. The van der Waals surface area contributed by atoms with E-state index in [1.165, 1.54) is 0 Å². The van der Waals surface area contributed by atoms with Gasteiger partial charge in [-0.25, -0.2) is 0 Å². The zero-order chi connectivity index (χ0) is 11.3. The number of morpholine rings is 1. The second-order valence-electron chi connectivity index (χ2n) is 3.62. The van der Waals surface area contributed by atoms with Crippen LogP contribution in [0.2, 0.25) is 0 Å². The topological polar surface area (TPSA) is 41.6 Å². The summed E-state index contributed by atoms with van der Waals surface area (Å²) in [6.07, 6.45) is -2.93. The molecule has 0 aliphatic carbocycles. The van der Waals surface area contributed by atoms with Crippen molar-refractivity contribution in [2.75, 3.05) is 32.8 Å². The third-order valence-electron chi connectivity index (χ3n) is 2.22. The summed E-state index contributed by atoms with van der Waals surface area (Å²) in [6, 6.07) is -0.260. The molecular formula is C9H16F2N2O2. The molecule has 1 aliphatic rings. The number of carbonyl (C=O) groups excluding carboxylic acids is 1. The molecule has 0 saturated carbocycles. The average molecular weight is 222 g/mol. The number of hydrogen-bond acceptors (Lipinski definition) is 3. The summed E-state index contributed by atoms with van der Waals surface area (Å²) in [5.41, 5.74) is 0. The number of halogens is 2. The minimum Gasteiger partial charge on any atom is -0.379 e. The highest BCUT2D eigenvalue weighted by Crippen LogP contribution is 1.99. The number of carbonyl (C=O) groups is 1. The van der Waals surface area contributed by atoms with E-state index in [9.17, 15) is 13.6 Å². The highest BCUT2D eigenvalue weighted by molar-refractivity contribution is 5.79. The number of alkyl halides is 2. The maximum absolute atomic E-state index is 11.9. The first kappa shape index (κ1) is 12.3. The molecule has 1 unspecified atom stereocenters. The smallest absolute Gasteiger partial charge is 0.315 e. The summed E-state index contributed by atoms with van der Waals surface area (Å²) in [5, 5.41) is 2.26. The average Bonchev–Trinajstić information content (AvgIpc) is 2.18. The minimum absolute atomic E-state index is 0.260. The lowest BCUT2D eigenvalue weighted by atomic mass is 10.3. The van der Waals surface area contributed by atoms with Crippen molar-refractivity contribution in [2.24, 2.45) is 0 Å². The molecule has 1 amide bonds. The molecule has 0 aromatic carbocycles. The van der Waals surface area contributed by atoms with E-state index < -0.39 is 12.3 Å². The van der Waals surface area contributed by atoms with Crippen LogP contribution in [0.25, 0.3) is 0 Å². The summed E-state index contributed by atoms with van der Waals surface area (Å²) in [7, 11) is 0. The zero-order valence-corrected chi connectivity index (χ0v) is 8.71. The van der Waals surface area contributed by atoms with Gasteiger partial charge in [-0.3, -0.25) is 9.69 Å². The third-order valence-corrected chi connectivity index (χ3v) is 2.22. The zero-order valence-electron chi connectivity index (χ0n) is 8.71. The van der Waals surface area contributed by atoms with Crippen LogP contribution in [-0.4, -0.2) is 56.1 Å². The molecule has 6 heteroatoms. The highest BCUT2D eigenvalue weighted by Gasteiger charge is 2.19. The largest absolute Gasteiger partial charge is 0.379 e. The van der Waals surface area contributed by atoms with Gasteiger partial charge >= 0.3 is 6.43 Å². The molecular weight excluding hydrogens is 206 g/mol. The van der Waals surface area contributed by atoms with Crippen molar-refractivity contribution < 1.29 is 18.3 Å². The van der Waals surface area contributed by atoms with Crippen LogP contribution in [0.15, 0.2) is 0 Å². The standard InChI is InChI=1S/C9H16F2N2O2/c1-7(12-9(14)8(10)11)6-13-2-4-15-5-3-13/h7-8H,2-6H2,1H3,(H,12,14). The molecule has 4 nitrogen and oxygen atoms in total. The van der Waals surface area contributed by atoms with Gasteiger partial charge < -0.3 is 10.1 Å². The van der Waals surface area contributed by atoms with E-state index in [4.69, 9.17) is 4.74 Å². The molecule has 1 atom stereocenters. The van der Waals surface area contributed by atoms with E-state index in [2.05, 4.69) is 10.2 Å². The van der Waals surface area contributed by atoms with Gasteiger partial charge in [0.15, 0.2) is 0 Å². The Hall–Kier alpha value is -0.750. The lowest BCUT2D eigenvalue weighted by Crippen LogP contribution is -2.47. The second-order valence-corrected chi connectivity index (χ2v) is 3.62. The van der Waals surface area contributed by atoms with Gasteiger partial charge in [0, 0.05) is 25.7 Å². The van der Waals surface area contributed by atoms with Crippen LogP contribution >= 0.6 is 0 Å². The second kappa shape index (κ2) is 5.97. The van der Waals surface area contributed by atoms with Gasteiger partial charge in [0.2, 0.25) is 0 Å². The van der Waals surface area contributed by atoms with E-state index in [0.29, 0.717) is 19.8 Å². The number of hydrogen-bond donors (Lipinski definition) is 1. The molecule has 0 bridgehead atoms. The lowest BCUT2D eigenvalue weighted by molar-refractivity contribution is -0.132. The molecule has 1 heterocycles. The molecule has 0 aromatic heterocycles. The van der Waals surface area contributed by atoms with Crippen LogP contribution in [0.3, 0.4) is 0 Å². The Bertz CT molecular complexity index is 208. The Morgan fingerprint density at radius 3 is 2.60 bits per heavy atom. The first-order chi connectivity index (χ1) is 7.09. The Labute approximate surface area is 87.6 Å². The molecule has 88 valence electrons. The lowest BCUT2D eigenvalue weighted by Gasteiger charge is -2.29. The quantitative estimate of drug-likeness (QED) is 0.733. The normalized spacial score (nSPS) is 20.3. The van der Waals surface area contributed by atoms with E-state index in [1.807, 2.05) is 0 Å². The Morgan fingerprint density at radius 2 is 2.07 bits per heavy atom. The van der Waals surface area contributed by atoms with E-state index >= 15 is 0 Å². The van der Waals surface area contributed by atoms with Crippen LogP contribution < -0.4 is 5.32 Å². The first-order valence-electron chi connectivity index (χ1n) is 4.98. The fraction of sp³-hybridized carbons (Fsp3) is 0.889. The van der Waals surface area contributed by atoms with Crippen molar-refractivity contribution in [3.05, 3.63) is 0 Å². The number of nitrogens with one attached hydrogen (secondary N) is 1. The summed E-state index contributed by atoms with van der Waals surface area (Å²) in [5.74, 6) is -1.20. The Morgan fingerprint density at radius 1 is 1.47 bits per heavy atom. The molecule has 0 spiro atoms. The van der Waals surface area contributed by atoms with Crippen LogP contribution in [-0.2, 0) is 9.53 Å². The molecule has 1 N–H and O–H groups in total. The van der Waals surface area contributed by atoms with Gasteiger partial charge in [0.05, 0.1) is 13.2 Å². The first-order valence-corrected chi connectivity index (χ1v) is 4.98. The van der Waals surface area contributed by atoms with Crippen LogP contribution in [0.1, 0.15) is 6.92 Å². The Kier molecular flexibility index (Phi) is 4.90. The fourth-order valence-electron chi connectivity index (χ4n) is 1.52. The minimum atomic E-state index is -2.93. The third kappa shape index (κ3) is 4.53. The van der Waals surface area contributed by atoms with E-state index in [0.717, 1.165) is 13.1 Å². The molecule has 0 aromatic rings. The predicted molar refractivity (Wildman–Crippen MR) is 50.9 cm³/mol. The van der Waals surface area contributed by atoms with Gasteiger partial charge in [-0.2, -0.15) is 8.78 Å². The van der Waals surface area contributed by atoms with Crippen molar-refractivity contribution in [3.63, 3.8) is 0 Å². The van der Waals surface area contributed by atoms with Crippen LogP contribution in [0.4, 0.5) is 8.78 Å². The van der Waals surface area contributed by atoms with Crippen LogP contribution in [0, 0.1) is 0 Å². The van der Waals surface area contributed by atoms with Crippen molar-refractivity contribution in [2.45, 2.75) is 19.4 Å². The van der Waals surface area contributed by atoms with E-state index in [1.54, 1.807) is 6.92 Å². The maximum atomic E-state index is 11.9. The fourth-order valence-corrected chi connectivity index (χ4v) is 1.52. The number of amides is 1. The SMILES string of the molecule is CC(CN1CCOCC1)NC(=O)C(F)F. The molecule has 1 aliphatic heterocycles. The summed E-state index contributed by atoms with van der Waals surface area (Å²) >= 11 is 0. The van der Waals surface area contributed by atoms with Crippen molar-refractivity contribution in [1.82, 2.24) is 10.2 Å². The molecule has 15 heavy (non-hydrogen) atoms. The van der Waals surface area contributed by atoms with Gasteiger partial charge in [-0.05, 0) is 6.92 Å². The van der Waals surface area contributed by atoms with Crippen molar-refractivity contribution in [1.29, 1.82) is 0 Å². The van der Waals surface area contributed by atoms with Gasteiger partial charge in [0.1, 0.15) is 0 Å². The predicted octanol–water partition coefficient (Wildman–Crippen LogP) is 0.0884. The Balaban J connectivity index is 2.22. The molecule has 1 fully saturated rings. The molecule has 0 radical (unpaired) electrons. The highest BCUT2D eigenvalue weighted by atomic mass is 19.3.